The lowest BCUT2D eigenvalue weighted by Crippen LogP contribution is -2.52. The summed E-state index contributed by atoms with van der Waals surface area (Å²) in [7, 11) is 3.50. The van der Waals surface area contributed by atoms with Crippen LogP contribution >= 0.6 is 11.6 Å². The molecule has 0 bridgehead atoms. The number of nitrogens with zero attached hydrogens (tertiary/aromatic N) is 4. The molecule has 1 aromatic rings. The van der Waals surface area contributed by atoms with Crippen LogP contribution in [0, 0.1) is 0 Å². The molecule has 0 saturated carbocycles. The molecule has 0 unspecified atom stereocenters. The molecule has 1 fully saturated rings. The Balaban J connectivity index is 1.84. The van der Waals surface area contributed by atoms with Crippen LogP contribution < -0.4 is 4.90 Å². The van der Waals surface area contributed by atoms with Crippen molar-refractivity contribution in [1.29, 1.82) is 0 Å². The number of anilines is 1. The van der Waals surface area contributed by atoms with Crippen molar-refractivity contribution in [2.45, 2.75) is 6.42 Å². The normalized spacial score (nSPS) is 15.0. The summed E-state index contributed by atoms with van der Waals surface area (Å²) in [5, 5.41) is 0.652. The molecule has 122 valence electrons. The molecule has 1 aliphatic heterocycles. The van der Waals surface area contributed by atoms with E-state index in [1.54, 1.807) is 18.2 Å². The molecule has 0 aliphatic carbocycles. The maximum absolute atomic E-state index is 12.4. The van der Waals surface area contributed by atoms with Gasteiger partial charge in [0, 0.05) is 59.7 Å². The molecule has 0 aromatic carbocycles. The minimum absolute atomic E-state index is 0.0721. The number of piperazine rings is 1. The van der Waals surface area contributed by atoms with Crippen LogP contribution in [0.1, 0.15) is 6.42 Å². The van der Waals surface area contributed by atoms with Crippen LogP contribution in [-0.2, 0) is 4.74 Å². The van der Waals surface area contributed by atoms with Gasteiger partial charge >= 0.3 is 6.03 Å². The Labute approximate surface area is 136 Å². The van der Waals surface area contributed by atoms with Crippen LogP contribution in [0.2, 0.25) is 5.02 Å². The number of hydrogen-bond acceptors (Lipinski definition) is 4. The highest BCUT2D eigenvalue weighted by molar-refractivity contribution is 6.32. The fourth-order valence-electron chi connectivity index (χ4n) is 2.50. The van der Waals surface area contributed by atoms with E-state index in [0.717, 1.165) is 25.3 Å². The highest BCUT2D eigenvalue weighted by atomic mass is 35.5. The van der Waals surface area contributed by atoms with Gasteiger partial charge in [-0.3, -0.25) is 0 Å². The molecule has 0 atom stereocenters. The van der Waals surface area contributed by atoms with Gasteiger partial charge in [-0.05, 0) is 18.6 Å². The van der Waals surface area contributed by atoms with Crippen molar-refractivity contribution in [3.8, 4) is 0 Å². The number of halogens is 1. The smallest absolute Gasteiger partial charge is 0.319 e. The molecule has 22 heavy (non-hydrogen) atoms. The summed E-state index contributed by atoms with van der Waals surface area (Å²) in [6.45, 7) is 4.23. The van der Waals surface area contributed by atoms with E-state index in [1.807, 2.05) is 24.1 Å². The molecular weight excluding hydrogens is 304 g/mol. The first kappa shape index (κ1) is 16.8. The minimum atomic E-state index is 0.0721. The van der Waals surface area contributed by atoms with E-state index in [9.17, 15) is 4.79 Å². The Morgan fingerprint density at radius 1 is 1.41 bits per heavy atom. The lowest BCUT2D eigenvalue weighted by atomic mass is 10.3. The average Bonchev–Trinajstić information content (AvgIpc) is 2.55. The second kappa shape index (κ2) is 8.19. The van der Waals surface area contributed by atoms with Crippen molar-refractivity contribution in [2.24, 2.45) is 0 Å². The molecular formula is C15H23ClN4O2. The van der Waals surface area contributed by atoms with Gasteiger partial charge in [0.25, 0.3) is 0 Å². The Morgan fingerprint density at radius 3 is 2.77 bits per heavy atom. The van der Waals surface area contributed by atoms with Gasteiger partial charge in [0.2, 0.25) is 0 Å². The highest BCUT2D eigenvalue weighted by Crippen LogP contribution is 2.23. The zero-order chi connectivity index (χ0) is 15.9. The number of carbonyl (C=O) groups is 1. The Kier molecular flexibility index (Phi) is 6.27. The maximum Gasteiger partial charge on any atom is 0.319 e. The fourth-order valence-corrected chi connectivity index (χ4v) is 2.74. The first-order valence-electron chi connectivity index (χ1n) is 7.48. The van der Waals surface area contributed by atoms with E-state index >= 15 is 0 Å². The number of methoxy groups -OCH3 is 1. The number of carbonyl (C=O) groups excluding carboxylic acids is 1. The third-order valence-electron chi connectivity index (χ3n) is 3.76. The summed E-state index contributed by atoms with van der Waals surface area (Å²) >= 11 is 6.17. The van der Waals surface area contributed by atoms with Gasteiger partial charge in [-0.1, -0.05) is 11.6 Å². The quantitative estimate of drug-likeness (QED) is 0.776. The molecule has 7 heteroatoms. The van der Waals surface area contributed by atoms with Gasteiger partial charge in [0.15, 0.2) is 0 Å². The third-order valence-corrected chi connectivity index (χ3v) is 4.05. The highest BCUT2D eigenvalue weighted by Gasteiger charge is 2.24. The first-order chi connectivity index (χ1) is 10.6. The summed E-state index contributed by atoms with van der Waals surface area (Å²) in [6, 6.07) is 3.73. The van der Waals surface area contributed by atoms with Crippen LogP contribution in [0.5, 0.6) is 0 Å². The zero-order valence-corrected chi connectivity index (χ0v) is 13.9. The largest absolute Gasteiger partial charge is 0.385 e. The standard InChI is InChI=1S/C15H23ClN4O2/c1-18(7-4-12-22-2)15(21)20-10-8-19(9-11-20)14-13(16)5-3-6-17-14/h3,5-6H,4,7-12H2,1-2H3. The van der Waals surface area contributed by atoms with Crippen molar-refractivity contribution < 1.29 is 9.53 Å². The van der Waals surface area contributed by atoms with Crippen LogP contribution in [0.3, 0.4) is 0 Å². The maximum atomic E-state index is 12.4. The van der Waals surface area contributed by atoms with E-state index < -0.39 is 0 Å². The SMILES string of the molecule is COCCCN(C)C(=O)N1CCN(c2ncccc2Cl)CC1. The Hall–Kier alpha value is -1.53. The first-order valence-corrected chi connectivity index (χ1v) is 7.85. The predicted molar refractivity (Wildman–Crippen MR) is 87.6 cm³/mol. The summed E-state index contributed by atoms with van der Waals surface area (Å²) in [5.41, 5.74) is 0. The molecule has 2 rings (SSSR count). The number of amides is 2. The number of rotatable bonds is 5. The second-order valence-corrected chi connectivity index (χ2v) is 5.74. The minimum Gasteiger partial charge on any atom is -0.385 e. The third kappa shape index (κ3) is 4.24. The summed E-state index contributed by atoms with van der Waals surface area (Å²) in [6.07, 6.45) is 2.59. The lowest BCUT2D eigenvalue weighted by molar-refractivity contribution is 0.148. The molecule has 1 aliphatic rings. The second-order valence-electron chi connectivity index (χ2n) is 5.33. The lowest BCUT2D eigenvalue weighted by Gasteiger charge is -2.37. The van der Waals surface area contributed by atoms with Gasteiger partial charge in [-0.25, -0.2) is 9.78 Å². The number of urea groups is 1. The molecule has 2 amide bonds. The van der Waals surface area contributed by atoms with E-state index in [1.165, 1.54) is 0 Å². The van der Waals surface area contributed by atoms with Gasteiger partial charge in [0.1, 0.15) is 5.82 Å². The summed E-state index contributed by atoms with van der Waals surface area (Å²) < 4.78 is 5.01. The number of ether oxygens (including phenoxy) is 1. The molecule has 0 spiro atoms. The molecule has 1 aromatic heterocycles. The van der Waals surface area contributed by atoms with Gasteiger partial charge in [-0.15, -0.1) is 0 Å². The average molecular weight is 327 g/mol. The van der Waals surface area contributed by atoms with Gasteiger partial charge < -0.3 is 19.4 Å². The van der Waals surface area contributed by atoms with Crippen LogP contribution in [-0.4, -0.2) is 74.3 Å². The van der Waals surface area contributed by atoms with Crippen LogP contribution in [0.4, 0.5) is 10.6 Å². The molecule has 2 heterocycles. The summed E-state index contributed by atoms with van der Waals surface area (Å²) in [5.74, 6) is 0.796. The molecule has 1 saturated heterocycles. The van der Waals surface area contributed by atoms with Crippen LogP contribution in [0.25, 0.3) is 0 Å². The van der Waals surface area contributed by atoms with Gasteiger partial charge in [-0.2, -0.15) is 0 Å². The van der Waals surface area contributed by atoms with Crippen molar-refractivity contribution in [3.63, 3.8) is 0 Å². The zero-order valence-electron chi connectivity index (χ0n) is 13.2. The number of pyridine rings is 1. The summed E-state index contributed by atoms with van der Waals surface area (Å²) in [4.78, 5) is 22.4. The van der Waals surface area contributed by atoms with Crippen molar-refractivity contribution in [3.05, 3.63) is 23.4 Å². The molecule has 6 nitrogen and oxygen atoms in total. The van der Waals surface area contributed by atoms with Crippen molar-refractivity contribution >= 4 is 23.4 Å². The molecule has 0 radical (unpaired) electrons. The Morgan fingerprint density at radius 2 is 2.14 bits per heavy atom. The fraction of sp³-hybridized carbons (Fsp3) is 0.600. The van der Waals surface area contributed by atoms with E-state index in [4.69, 9.17) is 16.3 Å². The van der Waals surface area contributed by atoms with Crippen molar-refractivity contribution in [2.75, 3.05) is 58.4 Å². The van der Waals surface area contributed by atoms with E-state index in [0.29, 0.717) is 31.3 Å². The predicted octanol–water partition coefficient (Wildman–Crippen LogP) is 1.95. The van der Waals surface area contributed by atoms with E-state index in [-0.39, 0.29) is 6.03 Å². The Bertz CT molecular complexity index is 492. The van der Waals surface area contributed by atoms with Crippen molar-refractivity contribution in [1.82, 2.24) is 14.8 Å². The monoisotopic (exact) mass is 326 g/mol. The molecule has 0 N–H and O–H groups in total. The number of aromatic nitrogens is 1. The van der Waals surface area contributed by atoms with E-state index in [2.05, 4.69) is 9.88 Å². The topological polar surface area (TPSA) is 48.9 Å². The van der Waals surface area contributed by atoms with Crippen LogP contribution in [0.15, 0.2) is 18.3 Å². The number of hydrogen-bond donors (Lipinski definition) is 0. The van der Waals surface area contributed by atoms with Gasteiger partial charge in [0.05, 0.1) is 5.02 Å².